The summed E-state index contributed by atoms with van der Waals surface area (Å²) in [5, 5.41) is 24.1. The van der Waals surface area contributed by atoms with Gasteiger partial charge >= 0.3 is 11.9 Å². The molecule has 3 heterocycles. The second-order valence-corrected chi connectivity index (χ2v) is 9.71. The molecule has 1 saturated carbocycles. The SMILES string of the molecule is CCC12CCCCC1C(=O)N(N1CCC(c3noc4cc(F)ccc34)CC1)C2=O.O=C(O)/C=C/C(=O)O. The van der Waals surface area contributed by atoms with Gasteiger partial charge in [-0.1, -0.05) is 24.9 Å². The van der Waals surface area contributed by atoms with Gasteiger partial charge in [-0.15, -0.1) is 0 Å². The molecule has 2 aromatic rings. The minimum absolute atomic E-state index is 0.00244. The second-order valence-electron chi connectivity index (χ2n) is 9.71. The Bertz CT molecular complexity index is 1220. The number of hydrazine groups is 1. The monoisotopic (exact) mass is 515 g/mol. The number of aliphatic carboxylic acids is 2. The first-order valence-corrected chi connectivity index (χ1v) is 12.5. The fourth-order valence-electron chi connectivity index (χ4n) is 5.86. The molecule has 0 spiro atoms. The second kappa shape index (κ2) is 10.8. The van der Waals surface area contributed by atoms with Crippen molar-refractivity contribution in [3.05, 3.63) is 41.9 Å². The molecule has 2 aliphatic heterocycles. The molecule has 0 radical (unpaired) electrons. The van der Waals surface area contributed by atoms with Crippen molar-refractivity contribution < 1.29 is 38.3 Å². The number of amides is 2. The fraction of sp³-hybridized carbons (Fsp3) is 0.500. The summed E-state index contributed by atoms with van der Waals surface area (Å²) in [6.45, 7) is 3.30. The van der Waals surface area contributed by atoms with Gasteiger partial charge in [0, 0.05) is 42.6 Å². The molecule has 0 bridgehead atoms. The van der Waals surface area contributed by atoms with Gasteiger partial charge in [0.2, 0.25) is 5.91 Å². The summed E-state index contributed by atoms with van der Waals surface area (Å²) in [7, 11) is 0. The number of carboxylic acid groups (broad SMARTS) is 2. The van der Waals surface area contributed by atoms with E-state index >= 15 is 0 Å². The molecule has 1 aliphatic carbocycles. The van der Waals surface area contributed by atoms with E-state index in [9.17, 15) is 23.6 Å². The number of carbonyl (C=O) groups excluding carboxylic acids is 2. The van der Waals surface area contributed by atoms with Crippen LogP contribution < -0.4 is 0 Å². The van der Waals surface area contributed by atoms with Crippen LogP contribution in [-0.2, 0) is 19.2 Å². The molecule has 11 heteroatoms. The summed E-state index contributed by atoms with van der Waals surface area (Å²) in [5.74, 6) is -2.82. The number of carbonyl (C=O) groups is 4. The molecule has 3 fully saturated rings. The highest BCUT2D eigenvalue weighted by Gasteiger charge is 2.60. The van der Waals surface area contributed by atoms with E-state index < -0.39 is 17.4 Å². The van der Waals surface area contributed by atoms with Gasteiger partial charge in [-0.2, -0.15) is 0 Å². The summed E-state index contributed by atoms with van der Waals surface area (Å²) in [4.78, 5) is 45.6. The molecule has 1 aromatic heterocycles. The lowest BCUT2D eigenvalue weighted by Gasteiger charge is -2.37. The summed E-state index contributed by atoms with van der Waals surface area (Å²) < 4.78 is 18.7. The zero-order valence-corrected chi connectivity index (χ0v) is 20.6. The summed E-state index contributed by atoms with van der Waals surface area (Å²) in [5.41, 5.74) is 0.817. The van der Waals surface area contributed by atoms with E-state index in [2.05, 4.69) is 5.16 Å². The van der Waals surface area contributed by atoms with E-state index in [1.807, 2.05) is 11.9 Å². The van der Waals surface area contributed by atoms with Crippen LogP contribution in [0.5, 0.6) is 0 Å². The van der Waals surface area contributed by atoms with Crippen LogP contribution in [0.25, 0.3) is 11.0 Å². The highest BCUT2D eigenvalue weighted by molar-refractivity contribution is 6.07. The highest BCUT2D eigenvalue weighted by atomic mass is 19.1. The van der Waals surface area contributed by atoms with Crippen LogP contribution in [0.2, 0.25) is 0 Å². The number of piperidine rings is 1. The van der Waals surface area contributed by atoms with E-state index in [0.717, 1.165) is 56.0 Å². The molecule has 1 aromatic carbocycles. The fourth-order valence-corrected chi connectivity index (χ4v) is 5.86. The number of imide groups is 1. The summed E-state index contributed by atoms with van der Waals surface area (Å²) in [6.07, 6.45) is 7.11. The van der Waals surface area contributed by atoms with Crippen molar-refractivity contribution in [1.29, 1.82) is 0 Å². The number of halogens is 1. The van der Waals surface area contributed by atoms with Crippen LogP contribution in [0.3, 0.4) is 0 Å². The number of nitrogens with zero attached hydrogens (tertiary/aromatic N) is 3. The molecule has 5 rings (SSSR count). The number of hydrogen-bond acceptors (Lipinski definition) is 7. The molecule has 2 saturated heterocycles. The molecule has 2 atom stereocenters. The summed E-state index contributed by atoms with van der Waals surface area (Å²) in [6, 6.07) is 4.49. The number of rotatable bonds is 5. The molecule has 3 aliphatic rings. The minimum atomic E-state index is -1.26. The van der Waals surface area contributed by atoms with E-state index in [0.29, 0.717) is 30.8 Å². The van der Waals surface area contributed by atoms with Gasteiger partial charge < -0.3 is 14.7 Å². The largest absolute Gasteiger partial charge is 0.478 e. The first-order chi connectivity index (χ1) is 17.7. The lowest BCUT2D eigenvalue weighted by atomic mass is 9.66. The highest BCUT2D eigenvalue weighted by Crippen LogP contribution is 2.51. The van der Waals surface area contributed by atoms with Gasteiger partial charge in [-0.05, 0) is 44.2 Å². The number of benzene rings is 1. The molecule has 2 amide bonds. The van der Waals surface area contributed by atoms with Gasteiger partial charge in [-0.3, -0.25) is 9.59 Å². The Morgan fingerprint density at radius 3 is 2.41 bits per heavy atom. The Labute approximate surface area is 212 Å². The van der Waals surface area contributed by atoms with Crippen LogP contribution in [0.15, 0.2) is 34.9 Å². The van der Waals surface area contributed by atoms with Gasteiger partial charge in [0.15, 0.2) is 5.58 Å². The maximum absolute atomic E-state index is 13.4. The van der Waals surface area contributed by atoms with Crippen molar-refractivity contribution in [2.45, 2.75) is 57.8 Å². The van der Waals surface area contributed by atoms with Crippen LogP contribution >= 0.6 is 0 Å². The van der Waals surface area contributed by atoms with E-state index in [-0.39, 0.29) is 29.5 Å². The van der Waals surface area contributed by atoms with Crippen molar-refractivity contribution in [2.24, 2.45) is 11.3 Å². The van der Waals surface area contributed by atoms with Gasteiger partial charge in [0.05, 0.1) is 17.0 Å². The van der Waals surface area contributed by atoms with Crippen molar-refractivity contribution in [3.63, 3.8) is 0 Å². The Morgan fingerprint density at radius 2 is 1.81 bits per heavy atom. The molecule has 10 nitrogen and oxygen atoms in total. The van der Waals surface area contributed by atoms with E-state index in [1.54, 1.807) is 6.07 Å². The number of aromatic nitrogens is 1. The maximum atomic E-state index is 13.4. The van der Waals surface area contributed by atoms with Gasteiger partial charge in [0.1, 0.15) is 5.82 Å². The molecule has 2 N–H and O–H groups in total. The zero-order chi connectivity index (χ0) is 26.7. The lowest BCUT2D eigenvalue weighted by Crippen LogP contribution is -2.51. The topological polar surface area (TPSA) is 141 Å². The van der Waals surface area contributed by atoms with Crippen molar-refractivity contribution >= 4 is 34.7 Å². The smallest absolute Gasteiger partial charge is 0.328 e. The van der Waals surface area contributed by atoms with Crippen molar-refractivity contribution in [1.82, 2.24) is 15.2 Å². The normalized spacial score (nSPS) is 24.8. The average molecular weight is 516 g/mol. The number of carboxylic acids is 2. The third-order valence-corrected chi connectivity index (χ3v) is 7.76. The maximum Gasteiger partial charge on any atom is 0.328 e. The third kappa shape index (κ3) is 5.13. The van der Waals surface area contributed by atoms with Crippen LogP contribution in [0, 0.1) is 17.2 Å². The van der Waals surface area contributed by atoms with Gasteiger partial charge in [-0.25, -0.2) is 24.0 Å². The Kier molecular flexibility index (Phi) is 7.72. The Balaban J connectivity index is 0.000000349. The van der Waals surface area contributed by atoms with E-state index in [4.69, 9.17) is 14.7 Å². The quantitative estimate of drug-likeness (QED) is 0.450. The zero-order valence-electron chi connectivity index (χ0n) is 20.6. The van der Waals surface area contributed by atoms with Crippen molar-refractivity contribution in [2.75, 3.05) is 13.1 Å². The third-order valence-electron chi connectivity index (χ3n) is 7.76. The molecule has 198 valence electrons. The Morgan fingerprint density at radius 1 is 1.14 bits per heavy atom. The van der Waals surface area contributed by atoms with Crippen LogP contribution in [0.4, 0.5) is 4.39 Å². The summed E-state index contributed by atoms with van der Waals surface area (Å²) >= 11 is 0. The predicted octanol–water partition coefficient (Wildman–Crippen LogP) is 3.73. The lowest BCUT2D eigenvalue weighted by molar-refractivity contribution is -0.162. The van der Waals surface area contributed by atoms with Gasteiger partial charge in [0.25, 0.3) is 5.91 Å². The first-order valence-electron chi connectivity index (χ1n) is 12.5. The minimum Gasteiger partial charge on any atom is -0.478 e. The first kappa shape index (κ1) is 26.5. The molecule has 37 heavy (non-hydrogen) atoms. The van der Waals surface area contributed by atoms with Crippen molar-refractivity contribution in [3.8, 4) is 0 Å². The van der Waals surface area contributed by atoms with Crippen LogP contribution in [0.1, 0.15) is 63.5 Å². The molecular weight excluding hydrogens is 485 g/mol. The standard InChI is InChI=1S/C22H26FN3O3.C4H4O4/c1-2-22-10-4-3-5-17(22)20(27)26(21(22)28)25-11-8-14(9-12-25)19-16-7-6-15(23)13-18(16)29-24-19;5-3(6)1-2-4(7)8/h6-7,13-14,17H,2-5,8-12H2,1H3;1-2H,(H,5,6)(H,7,8)/b;2-1+. The number of fused-ring (bicyclic) bond motifs is 2. The molecular formula is C26H30FN3O7. The van der Waals surface area contributed by atoms with Crippen LogP contribution in [-0.4, -0.2) is 62.2 Å². The predicted molar refractivity (Wildman–Crippen MR) is 128 cm³/mol. The number of hydrogen-bond donors (Lipinski definition) is 2. The average Bonchev–Trinajstić information content (AvgIpc) is 3.40. The Hall–Kier alpha value is -3.60. The van der Waals surface area contributed by atoms with E-state index in [1.165, 1.54) is 17.1 Å². The molecule has 2 unspecified atom stereocenters.